The Balaban J connectivity index is 1.09. The molecule has 0 spiro atoms. The number of imidazole rings is 1. The van der Waals surface area contributed by atoms with E-state index < -0.39 is 0 Å². The fourth-order valence-electron chi connectivity index (χ4n) is 5.59. The fraction of sp³-hybridized carbons (Fsp3) is 0.500. The number of piperidine rings is 1. The molecule has 39 heavy (non-hydrogen) atoms. The Bertz CT molecular complexity index is 1380. The van der Waals surface area contributed by atoms with Gasteiger partial charge in [-0.05, 0) is 77.8 Å². The lowest BCUT2D eigenvalue weighted by atomic mass is 9.93. The molecular weight excluding hydrogens is 586 g/mol. The number of likely N-dealkylation sites (tertiary alicyclic amines) is 2. The summed E-state index contributed by atoms with van der Waals surface area (Å²) in [4.78, 5) is 43.3. The van der Waals surface area contributed by atoms with Gasteiger partial charge >= 0.3 is 0 Å². The molecule has 2 saturated heterocycles. The monoisotopic (exact) mass is 615 g/mol. The van der Waals surface area contributed by atoms with Crippen molar-refractivity contribution < 1.29 is 19.1 Å². The number of hydrogen-bond donors (Lipinski definition) is 1. The molecule has 2 amide bonds. The van der Waals surface area contributed by atoms with Gasteiger partial charge in [-0.15, -0.1) is 0 Å². The average Bonchev–Trinajstić information content (AvgIpc) is 3.68. The lowest BCUT2D eigenvalue weighted by Gasteiger charge is -2.35. The molecule has 11 nitrogen and oxygen atoms in total. The molecule has 13 heteroatoms. The number of nitrogen functional groups attached to an aromatic ring is 1. The third-order valence-electron chi connectivity index (χ3n) is 7.75. The molecular formula is C26H30BrN7O4S. The van der Waals surface area contributed by atoms with Crippen LogP contribution in [0, 0.1) is 5.92 Å². The molecule has 5 heterocycles. The summed E-state index contributed by atoms with van der Waals surface area (Å²) in [6, 6.07) is 3.51. The van der Waals surface area contributed by atoms with Crippen molar-refractivity contribution in [2.75, 3.05) is 32.2 Å². The van der Waals surface area contributed by atoms with Gasteiger partial charge in [0.15, 0.2) is 34.0 Å². The molecule has 1 aromatic rings. The third-order valence-corrected chi connectivity index (χ3v) is 9.59. The van der Waals surface area contributed by atoms with Crippen LogP contribution in [0.25, 0.3) is 11.5 Å². The smallest absolute Gasteiger partial charge is 0.245 e. The van der Waals surface area contributed by atoms with Crippen LogP contribution in [0.15, 0.2) is 33.0 Å². The van der Waals surface area contributed by atoms with Crippen molar-refractivity contribution in [3.63, 3.8) is 0 Å². The molecule has 6 rings (SSSR count). The lowest BCUT2D eigenvalue weighted by molar-refractivity contribution is -0.143. The highest BCUT2D eigenvalue weighted by molar-refractivity contribution is 9.10. The Morgan fingerprint density at radius 1 is 1.13 bits per heavy atom. The van der Waals surface area contributed by atoms with Crippen LogP contribution in [0.4, 0.5) is 5.82 Å². The molecule has 0 aromatic heterocycles. The maximum atomic E-state index is 13.1. The van der Waals surface area contributed by atoms with E-state index in [9.17, 15) is 9.59 Å². The number of halogens is 1. The standard InChI is InChI=1S/C26H30BrN7O4S/c1-15(35)34-7-2-3-18(34)25(36)32-8-4-16(5-9-32)6-10-33-13-29-23(28)22-24(33)31-26(30-22)39-21-12-20-19(11-17(21)27)37-14-38-20/h11-13,16,18H,2-10,14,28H2,1H3/t18-/m0/s1. The Kier molecular flexibility index (Phi) is 7.27. The first-order chi connectivity index (χ1) is 18.9. The van der Waals surface area contributed by atoms with E-state index in [1.54, 1.807) is 18.2 Å². The van der Waals surface area contributed by atoms with Crippen LogP contribution in [-0.2, 0) is 16.1 Å². The zero-order chi connectivity index (χ0) is 27.1. The van der Waals surface area contributed by atoms with Gasteiger partial charge in [0.1, 0.15) is 6.04 Å². The number of rotatable bonds is 6. The van der Waals surface area contributed by atoms with Crippen molar-refractivity contribution in [2.24, 2.45) is 5.92 Å². The van der Waals surface area contributed by atoms with Gasteiger partial charge in [-0.2, -0.15) is 0 Å². The van der Waals surface area contributed by atoms with Crippen LogP contribution in [0.1, 0.15) is 39.0 Å². The molecule has 2 N–H and O–H groups in total. The molecule has 1 atom stereocenters. The van der Waals surface area contributed by atoms with E-state index >= 15 is 0 Å². The van der Waals surface area contributed by atoms with Gasteiger partial charge < -0.3 is 29.6 Å². The normalized spacial score (nSPS) is 19.3. The van der Waals surface area contributed by atoms with Crippen molar-refractivity contribution in [1.29, 1.82) is 0 Å². The number of aromatic nitrogens is 4. The molecule has 0 radical (unpaired) electrons. The highest BCUT2D eigenvalue weighted by Crippen LogP contribution is 2.43. The minimum Gasteiger partial charge on any atom is -0.454 e. The summed E-state index contributed by atoms with van der Waals surface area (Å²) in [5.74, 6) is 3.04. The third kappa shape index (κ3) is 5.25. The van der Waals surface area contributed by atoms with Gasteiger partial charge in [0.25, 0.3) is 0 Å². The van der Waals surface area contributed by atoms with E-state index in [0.29, 0.717) is 46.5 Å². The highest BCUT2D eigenvalue weighted by atomic mass is 79.9. The predicted molar refractivity (Wildman–Crippen MR) is 148 cm³/mol. The Morgan fingerprint density at radius 3 is 2.67 bits per heavy atom. The number of aryl methyl sites for hydroxylation is 1. The first-order valence-corrected chi connectivity index (χ1v) is 14.8. The van der Waals surface area contributed by atoms with E-state index in [4.69, 9.17) is 20.2 Å². The molecule has 0 unspecified atom stereocenters. The van der Waals surface area contributed by atoms with Gasteiger partial charge in [-0.1, -0.05) is 0 Å². The van der Waals surface area contributed by atoms with Crippen LogP contribution < -0.4 is 15.2 Å². The number of nitrogens with two attached hydrogens (primary N) is 1. The second-order valence-electron chi connectivity index (χ2n) is 10.2. The van der Waals surface area contributed by atoms with Crippen molar-refractivity contribution in [2.45, 2.75) is 61.7 Å². The summed E-state index contributed by atoms with van der Waals surface area (Å²) >= 11 is 5.02. The van der Waals surface area contributed by atoms with E-state index in [-0.39, 0.29) is 24.6 Å². The summed E-state index contributed by atoms with van der Waals surface area (Å²) in [5, 5.41) is 0.580. The second-order valence-corrected chi connectivity index (χ2v) is 12.0. The molecule has 2 fully saturated rings. The zero-order valence-electron chi connectivity index (χ0n) is 21.6. The van der Waals surface area contributed by atoms with Crippen LogP contribution in [0.3, 0.4) is 0 Å². The number of anilines is 1. The molecule has 0 saturated carbocycles. The summed E-state index contributed by atoms with van der Waals surface area (Å²) in [6.45, 7) is 4.64. The predicted octanol–water partition coefficient (Wildman–Crippen LogP) is 3.64. The average molecular weight is 617 g/mol. The molecule has 5 aliphatic rings. The van der Waals surface area contributed by atoms with E-state index in [2.05, 4.69) is 25.9 Å². The SMILES string of the molecule is CC(=O)N1CCC[C@H]1C(=O)N1CCC(CCn2cnc(N)c3nc(Sc4cc5c(cc4Br)OCO5)nc2-3)CC1. The summed E-state index contributed by atoms with van der Waals surface area (Å²) < 4.78 is 13.8. The number of benzene rings is 1. The maximum absolute atomic E-state index is 13.1. The van der Waals surface area contributed by atoms with Crippen LogP contribution in [0.5, 0.6) is 11.5 Å². The zero-order valence-corrected chi connectivity index (χ0v) is 24.0. The van der Waals surface area contributed by atoms with Crippen molar-refractivity contribution in [3.05, 3.63) is 22.9 Å². The number of amides is 2. The number of ether oxygens (including phenoxy) is 2. The number of carbonyl (C=O) groups excluding carboxylic acids is 2. The van der Waals surface area contributed by atoms with E-state index in [1.807, 2.05) is 21.6 Å². The van der Waals surface area contributed by atoms with Crippen LogP contribution >= 0.6 is 27.7 Å². The lowest BCUT2D eigenvalue weighted by Crippen LogP contribution is -2.49. The Hall–Kier alpha value is -3.06. The molecule has 1 aromatic carbocycles. The van der Waals surface area contributed by atoms with Gasteiger partial charge in [-0.3, -0.25) is 9.59 Å². The number of hydrogen-bond acceptors (Lipinski definition) is 9. The molecule has 206 valence electrons. The number of carbonyl (C=O) groups is 2. The van der Waals surface area contributed by atoms with Gasteiger partial charge in [0, 0.05) is 42.5 Å². The van der Waals surface area contributed by atoms with E-state index in [1.165, 1.54) is 11.8 Å². The number of nitrogens with zero attached hydrogens (tertiary/aromatic N) is 6. The van der Waals surface area contributed by atoms with Crippen molar-refractivity contribution in [1.82, 2.24) is 29.3 Å². The summed E-state index contributed by atoms with van der Waals surface area (Å²) in [7, 11) is 0. The van der Waals surface area contributed by atoms with E-state index in [0.717, 1.165) is 61.1 Å². The summed E-state index contributed by atoms with van der Waals surface area (Å²) in [6.07, 6.45) is 6.22. The van der Waals surface area contributed by atoms with Crippen LogP contribution in [0.2, 0.25) is 0 Å². The van der Waals surface area contributed by atoms with Gasteiger partial charge in [0.2, 0.25) is 18.6 Å². The van der Waals surface area contributed by atoms with Crippen molar-refractivity contribution in [3.8, 4) is 23.0 Å². The topological polar surface area (TPSA) is 129 Å². The Labute approximate surface area is 238 Å². The maximum Gasteiger partial charge on any atom is 0.245 e. The minimum absolute atomic E-state index is 0.0122. The fourth-order valence-corrected chi connectivity index (χ4v) is 6.95. The minimum atomic E-state index is -0.287. The second kappa shape index (κ2) is 10.8. The molecule has 5 aliphatic heterocycles. The van der Waals surface area contributed by atoms with Crippen molar-refractivity contribution >= 4 is 45.3 Å². The van der Waals surface area contributed by atoms with Gasteiger partial charge in [0.05, 0.1) is 6.33 Å². The molecule has 0 aliphatic carbocycles. The largest absolute Gasteiger partial charge is 0.454 e. The first kappa shape index (κ1) is 26.2. The summed E-state index contributed by atoms with van der Waals surface area (Å²) in [5.41, 5.74) is 6.74. The highest BCUT2D eigenvalue weighted by Gasteiger charge is 2.36. The first-order valence-electron chi connectivity index (χ1n) is 13.2. The van der Waals surface area contributed by atoms with Gasteiger partial charge in [-0.25, -0.2) is 15.0 Å². The quantitative estimate of drug-likeness (QED) is 0.442. The van der Waals surface area contributed by atoms with Crippen LogP contribution in [-0.4, -0.2) is 73.6 Å². The molecule has 0 bridgehead atoms. The Morgan fingerprint density at radius 2 is 1.90 bits per heavy atom. The number of fused-ring (bicyclic) bond motifs is 2.